The first kappa shape index (κ1) is 35.6. The molecule has 1 heterocycles. The summed E-state index contributed by atoms with van der Waals surface area (Å²) in [6.45, 7) is 7.58. The number of alkyl carbamates (subject to hydrolysis) is 1. The molecule has 0 saturated carbocycles. The molecule has 4 rings (SSSR count). The van der Waals surface area contributed by atoms with Gasteiger partial charge in [0.1, 0.15) is 18.8 Å². The van der Waals surface area contributed by atoms with Crippen LogP contribution < -0.4 is 10.6 Å². The number of nitrogens with one attached hydrogen (secondary N) is 2. The molecule has 0 bridgehead atoms. The summed E-state index contributed by atoms with van der Waals surface area (Å²) in [6, 6.07) is 24.4. The summed E-state index contributed by atoms with van der Waals surface area (Å²) in [5.74, 6) is -2.10. The fourth-order valence-corrected chi connectivity index (χ4v) is 5.60. The normalized spacial score (nSPS) is 15.5. The van der Waals surface area contributed by atoms with Crippen LogP contribution in [0.15, 0.2) is 110 Å². The number of nitrogens with zero attached hydrogens (tertiary/aromatic N) is 1. The van der Waals surface area contributed by atoms with Gasteiger partial charge in [-0.3, -0.25) is 9.59 Å². The third-order valence-corrected chi connectivity index (χ3v) is 8.21. The van der Waals surface area contributed by atoms with E-state index in [0.29, 0.717) is 18.5 Å². The largest absolute Gasteiger partial charge is 0.454 e. The minimum absolute atomic E-state index is 0.0291. The molecule has 0 spiro atoms. The van der Waals surface area contributed by atoms with E-state index < -0.39 is 36.0 Å². The highest BCUT2D eigenvalue weighted by Gasteiger charge is 2.32. The molecule has 48 heavy (non-hydrogen) atoms. The molecule has 1 aliphatic rings. The number of aliphatic hydroxyl groups is 1. The van der Waals surface area contributed by atoms with E-state index >= 15 is 0 Å². The van der Waals surface area contributed by atoms with Crippen molar-refractivity contribution in [1.29, 1.82) is 0 Å². The Labute approximate surface area is 281 Å². The second-order valence-electron chi connectivity index (χ2n) is 11.6. The monoisotopic (exact) mass is 653 g/mol. The van der Waals surface area contributed by atoms with E-state index in [2.05, 4.69) is 23.8 Å². The summed E-state index contributed by atoms with van der Waals surface area (Å²) < 4.78 is 11.1. The fourth-order valence-electron chi connectivity index (χ4n) is 5.60. The minimum Gasteiger partial charge on any atom is -0.454 e. The first-order valence-electron chi connectivity index (χ1n) is 16.0. The van der Waals surface area contributed by atoms with E-state index in [-0.39, 0.29) is 51.0 Å². The molecule has 0 fully saturated rings. The van der Waals surface area contributed by atoms with Crippen molar-refractivity contribution in [2.75, 3.05) is 13.2 Å². The molecule has 10 nitrogen and oxygen atoms in total. The van der Waals surface area contributed by atoms with Crippen LogP contribution in [0.4, 0.5) is 4.79 Å². The Morgan fingerprint density at radius 2 is 1.54 bits per heavy atom. The van der Waals surface area contributed by atoms with Gasteiger partial charge in [-0.05, 0) is 41.5 Å². The molecule has 0 aromatic heterocycles. The summed E-state index contributed by atoms with van der Waals surface area (Å²) >= 11 is 0. The Morgan fingerprint density at radius 3 is 2.21 bits per heavy atom. The predicted octanol–water partition coefficient (Wildman–Crippen LogP) is 4.79. The highest BCUT2D eigenvalue weighted by Crippen LogP contribution is 2.26. The minimum atomic E-state index is -1.08. The molecule has 3 aromatic carbocycles. The average Bonchev–Trinajstić information content (AvgIpc) is 3.12. The molecule has 0 unspecified atom stereocenters. The third-order valence-electron chi connectivity index (χ3n) is 8.21. The third kappa shape index (κ3) is 10.1. The van der Waals surface area contributed by atoms with Gasteiger partial charge in [0.25, 0.3) is 0 Å². The van der Waals surface area contributed by atoms with Crippen LogP contribution in [0.3, 0.4) is 0 Å². The Kier molecular flexibility index (Phi) is 13.5. The van der Waals surface area contributed by atoms with Gasteiger partial charge in [-0.2, -0.15) is 0 Å². The van der Waals surface area contributed by atoms with Crippen molar-refractivity contribution in [2.24, 2.45) is 5.92 Å². The van der Waals surface area contributed by atoms with Crippen LogP contribution in [0, 0.1) is 5.92 Å². The van der Waals surface area contributed by atoms with E-state index in [1.165, 1.54) is 6.08 Å². The van der Waals surface area contributed by atoms with E-state index in [0.717, 1.165) is 16.7 Å². The van der Waals surface area contributed by atoms with E-state index in [9.17, 15) is 24.3 Å². The molecule has 3 N–H and O–H groups in total. The van der Waals surface area contributed by atoms with Gasteiger partial charge in [0, 0.05) is 13.0 Å². The number of aliphatic hydroxyl groups excluding tert-OH is 1. The lowest BCUT2D eigenvalue weighted by Crippen LogP contribution is -2.47. The fraction of sp³-hybridized carbons (Fsp3) is 0.316. The highest BCUT2D eigenvalue weighted by atomic mass is 16.6. The maximum Gasteiger partial charge on any atom is 0.408 e. The van der Waals surface area contributed by atoms with Crippen molar-refractivity contribution in [3.63, 3.8) is 0 Å². The molecule has 3 aromatic rings. The van der Waals surface area contributed by atoms with Crippen molar-refractivity contribution in [2.45, 2.75) is 57.0 Å². The van der Waals surface area contributed by atoms with Gasteiger partial charge in [-0.25, -0.2) is 9.59 Å². The number of benzene rings is 3. The number of carbonyl (C=O) groups is 4. The van der Waals surface area contributed by atoms with Crippen LogP contribution >= 0.6 is 0 Å². The van der Waals surface area contributed by atoms with Crippen LogP contribution in [-0.2, 0) is 43.4 Å². The molecule has 10 heteroatoms. The second kappa shape index (κ2) is 18.2. The molecule has 1 aliphatic heterocycles. The van der Waals surface area contributed by atoms with Crippen molar-refractivity contribution in [1.82, 2.24) is 15.5 Å². The van der Waals surface area contributed by atoms with Crippen molar-refractivity contribution >= 4 is 23.9 Å². The number of rotatable bonds is 16. The van der Waals surface area contributed by atoms with Crippen molar-refractivity contribution < 1.29 is 33.8 Å². The number of hydrogen-bond acceptors (Lipinski definition) is 7. The average molecular weight is 654 g/mol. The maximum atomic E-state index is 13.5. The molecule has 4 atom stereocenters. The predicted molar refractivity (Wildman–Crippen MR) is 181 cm³/mol. The topological polar surface area (TPSA) is 134 Å². The standard InChI is InChI=1S/C38H43N3O7/c1-3-13-30(22-35(43)41-24-31-20-12-11-19-29(31)21-32(41)25-42)36(44)39-23-34(28-17-9-6-10-18-28)48-37(45)33(14-4-2)40-38(46)47-26-27-15-7-5-8-16-27/h3-12,15-20,30,32-34,42H,1-2,13-14,21-26H2,(H,39,44)(H,40,46)/t30-,32+,33-,34+/m1/s1. The molecule has 0 saturated heterocycles. The number of fused-ring (bicyclic) bond motifs is 1. The summed E-state index contributed by atoms with van der Waals surface area (Å²) in [7, 11) is 0. The SMILES string of the molecule is C=CC[C@H](CC(=O)N1Cc2ccccc2C[C@H]1CO)C(=O)NC[C@H](OC(=O)[C@@H](CC=C)NC(=O)OCc1ccccc1)c1ccccc1. The molecule has 3 amide bonds. The number of allylic oxidation sites excluding steroid dienone is 1. The Balaban J connectivity index is 1.39. The van der Waals surface area contributed by atoms with E-state index in [4.69, 9.17) is 9.47 Å². The van der Waals surface area contributed by atoms with Gasteiger partial charge in [-0.15, -0.1) is 13.2 Å². The molecule has 0 radical (unpaired) electrons. The van der Waals surface area contributed by atoms with Crippen LogP contribution in [-0.4, -0.2) is 59.1 Å². The smallest absolute Gasteiger partial charge is 0.408 e. The lowest BCUT2D eigenvalue weighted by molar-refractivity contribution is -0.152. The number of esters is 1. The summed E-state index contributed by atoms with van der Waals surface area (Å²) in [6.07, 6.45) is 2.19. The highest BCUT2D eigenvalue weighted by molar-refractivity contribution is 5.86. The number of ether oxygens (including phenoxy) is 2. The van der Waals surface area contributed by atoms with Gasteiger partial charge in [0.05, 0.1) is 25.1 Å². The molecular formula is C38H43N3O7. The van der Waals surface area contributed by atoms with Crippen LogP contribution in [0.2, 0.25) is 0 Å². The van der Waals surface area contributed by atoms with Gasteiger partial charge >= 0.3 is 12.1 Å². The Bertz CT molecular complexity index is 1550. The quantitative estimate of drug-likeness (QED) is 0.150. The summed E-state index contributed by atoms with van der Waals surface area (Å²) in [4.78, 5) is 54.5. The maximum absolute atomic E-state index is 13.5. The molecular weight excluding hydrogens is 610 g/mol. The van der Waals surface area contributed by atoms with Gasteiger partial charge < -0.3 is 30.1 Å². The van der Waals surface area contributed by atoms with E-state index in [1.807, 2.05) is 60.7 Å². The van der Waals surface area contributed by atoms with Crippen molar-refractivity contribution in [3.05, 3.63) is 132 Å². The van der Waals surface area contributed by atoms with Gasteiger partial charge in [-0.1, -0.05) is 97.1 Å². The van der Waals surface area contributed by atoms with Crippen molar-refractivity contribution in [3.8, 4) is 0 Å². The summed E-state index contributed by atoms with van der Waals surface area (Å²) in [5, 5.41) is 15.4. The molecule has 0 aliphatic carbocycles. The second-order valence-corrected chi connectivity index (χ2v) is 11.6. The Hall–Kier alpha value is -5.22. The number of carbonyl (C=O) groups excluding carboxylic acids is 4. The Morgan fingerprint density at radius 1 is 0.896 bits per heavy atom. The number of amides is 3. The zero-order valence-electron chi connectivity index (χ0n) is 27.0. The first-order chi connectivity index (χ1) is 23.3. The van der Waals surface area contributed by atoms with Crippen LogP contribution in [0.5, 0.6) is 0 Å². The van der Waals surface area contributed by atoms with E-state index in [1.54, 1.807) is 35.2 Å². The zero-order chi connectivity index (χ0) is 34.3. The summed E-state index contributed by atoms with van der Waals surface area (Å²) in [5.41, 5.74) is 3.53. The van der Waals surface area contributed by atoms with Gasteiger partial charge in [0.2, 0.25) is 11.8 Å². The number of hydrogen-bond donors (Lipinski definition) is 3. The first-order valence-corrected chi connectivity index (χ1v) is 16.0. The lowest BCUT2D eigenvalue weighted by atomic mass is 9.92. The molecule has 252 valence electrons. The van der Waals surface area contributed by atoms with Gasteiger partial charge in [0.15, 0.2) is 0 Å². The zero-order valence-corrected chi connectivity index (χ0v) is 27.0. The van der Waals surface area contributed by atoms with Crippen LogP contribution in [0.1, 0.15) is 47.6 Å². The lowest BCUT2D eigenvalue weighted by Gasteiger charge is -2.36. The van der Waals surface area contributed by atoms with Crippen LogP contribution in [0.25, 0.3) is 0 Å².